The number of hydrogen-bond donors (Lipinski definition) is 10. The fourth-order valence-corrected chi connectivity index (χ4v) is 4.57. The molecule has 2 aromatic heterocycles. The van der Waals surface area contributed by atoms with E-state index in [-0.39, 0.29) is 51.0 Å². The number of aromatic amines is 2. The molecule has 0 saturated carbocycles. The van der Waals surface area contributed by atoms with Crippen LogP contribution in [0.15, 0.2) is 48.0 Å². The molecule has 2 heterocycles. The van der Waals surface area contributed by atoms with E-state index in [4.69, 9.17) is 22.9 Å². The Morgan fingerprint density at radius 3 is 2.24 bits per heavy atom. The molecule has 0 spiro atoms. The van der Waals surface area contributed by atoms with Crippen molar-refractivity contribution >= 4 is 46.5 Å². The number of carbonyl (C=O) groups is 5. The Hall–Kier alpha value is -5.45. The van der Waals surface area contributed by atoms with Gasteiger partial charge in [0.1, 0.15) is 18.1 Å². The van der Waals surface area contributed by atoms with Crippen molar-refractivity contribution in [3.63, 3.8) is 0 Å². The van der Waals surface area contributed by atoms with Crippen LogP contribution in [0.5, 0.6) is 0 Å². The first-order valence-electron chi connectivity index (χ1n) is 14.2. The van der Waals surface area contributed by atoms with Gasteiger partial charge in [0.25, 0.3) is 0 Å². The number of aliphatic imine (C=N–C) groups is 1. The van der Waals surface area contributed by atoms with Gasteiger partial charge in [-0.05, 0) is 30.9 Å². The fourth-order valence-electron chi connectivity index (χ4n) is 4.57. The van der Waals surface area contributed by atoms with E-state index in [9.17, 15) is 29.1 Å². The maximum absolute atomic E-state index is 13.7. The van der Waals surface area contributed by atoms with E-state index in [1.165, 1.54) is 12.5 Å². The lowest BCUT2D eigenvalue weighted by Crippen LogP contribution is -2.57. The van der Waals surface area contributed by atoms with E-state index >= 15 is 0 Å². The molecule has 0 saturated heterocycles. The third kappa shape index (κ3) is 10.6. The van der Waals surface area contributed by atoms with Crippen LogP contribution in [-0.2, 0) is 36.8 Å². The van der Waals surface area contributed by atoms with Crippen LogP contribution in [-0.4, -0.2) is 86.3 Å². The summed E-state index contributed by atoms with van der Waals surface area (Å²) >= 11 is 0. The van der Waals surface area contributed by atoms with Gasteiger partial charge in [-0.1, -0.05) is 18.2 Å². The van der Waals surface area contributed by atoms with Crippen molar-refractivity contribution in [3.05, 3.63) is 54.2 Å². The second-order valence-electron chi connectivity index (χ2n) is 10.4. The number of aliphatic carboxylic acids is 1. The first-order valence-corrected chi connectivity index (χ1v) is 14.2. The van der Waals surface area contributed by atoms with Crippen LogP contribution in [0.25, 0.3) is 10.9 Å². The zero-order valence-corrected chi connectivity index (χ0v) is 24.5. The minimum atomic E-state index is -1.33. The SMILES string of the molecule is NC(=O)CCC(N)C(=O)NC(Cc1c[nH]c2ccccc12)C(=O)NC(CCCN=C(N)N)C(=O)NC(Cc1cnc[nH]1)C(=O)O. The van der Waals surface area contributed by atoms with E-state index in [1.807, 2.05) is 24.3 Å². The molecular weight excluding hydrogens is 586 g/mol. The third-order valence-corrected chi connectivity index (χ3v) is 6.94. The third-order valence-electron chi connectivity index (χ3n) is 6.94. The number of hydrogen-bond acceptors (Lipinski definition) is 8. The Morgan fingerprint density at radius 1 is 0.889 bits per heavy atom. The molecule has 0 radical (unpaired) electrons. The highest BCUT2D eigenvalue weighted by Gasteiger charge is 2.31. The number of guanidine groups is 1. The van der Waals surface area contributed by atoms with Crippen molar-refractivity contribution in [1.82, 2.24) is 30.9 Å². The van der Waals surface area contributed by atoms with E-state index in [2.05, 4.69) is 35.9 Å². The fraction of sp³-hybridized carbons (Fsp3) is 0.393. The smallest absolute Gasteiger partial charge is 0.326 e. The van der Waals surface area contributed by atoms with Crippen LogP contribution in [0.1, 0.15) is 36.9 Å². The molecule has 0 fully saturated rings. The number of carboxylic acid groups (broad SMARTS) is 1. The van der Waals surface area contributed by atoms with Gasteiger partial charge in [0.2, 0.25) is 23.6 Å². The van der Waals surface area contributed by atoms with Crippen molar-refractivity contribution in [3.8, 4) is 0 Å². The highest BCUT2D eigenvalue weighted by Crippen LogP contribution is 2.19. The standard InChI is InChI=1S/C28H39N11O6/c29-18(7-8-23(30)40)24(41)38-21(10-15-12-35-19-5-2-1-4-17(15)19)26(43)37-20(6-3-9-34-28(31)32)25(42)39-22(27(44)45)11-16-13-33-14-36-16/h1-2,4-5,12-14,18,20-22,35H,3,6-11,29H2,(H2,30,40)(H,33,36)(H,37,43)(H,38,41)(H,39,42)(H,44,45)(H4,31,32,34). The first-order chi connectivity index (χ1) is 21.4. The topological polar surface area (TPSA) is 303 Å². The van der Waals surface area contributed by atoms with E-state index in [1.54, 1.807) is 6.20 Å². The molecule has 1 aromatic carbocycles. The first kappa shape index (κ1) is 34.0. The Kier molecular flexibility index (Phi) is 12.4. The molecule has 4 amide bonds. The Labute approximate surface area is 258 Å². The Morgan fingerprint density at radius 2 is 1.58 bits per heavy atom. The quantitative estimate of drug-likeness (QED) is 0.0415. The van der Waals surface area contributed by atoms with Crippen LogP contribution in [0.4, 0.5) is 0 Å². The van der Waals surface area contributed by atoms with E-state index in [0.29, 0.717) is 11.3 Å². The summed E-state index contributed by atoms with van der Waals surface area (Å²) in [7, 11) is 0. The monoisotopic (exact) mass is 625 g/mol. The van der Waals surface area contributed by atoms with Crippen molar-refractivity contribution in [2.45, 2.75) is 62.7 Å². The van der Waals surface area contributed by atoms with Crippen molar-refractivity contribution in [2.75, 3.05) is 6.54 Å². The van der Waals surface area contributed by atoms with Gasteiger partial charge in [-0.2, -0.15) is 0 Å². The summed E-state index contributed by atoms with van der Waals surface area (Å²) in [6.07, 6.45) is 4.58. The van der Waals surface area contributed by atoms with Gasteiger partial charge in [-0.25, -0.2) is 9.78 Å². The number of amides is 4. The second-order valence-corrected chi connectivity index (χ2v) is 10.4. The van der Waals surface area contributed by atoms with Crippen LogP contribution >= 0.6 is 0 Å². The lowest BCUT2D eigenvalue weighted by Gasteiger charge is -2.25. The Bertz CT molecular complexity index is 1500. The highest BCUT2D eigenvalue weighted by molar-refractivity contribution is 5.95. The number of primary amides is 1. The van der Waals surface area contributed by atoms with Gasteiger partial charge in [0.15, 0.2) is 5.96 Å². The minimum absolute atomic E-state index is 0.0179. The molecule has 3 rings (SSSR count). The molecule has 4 unspecified atom stereocenters. The summed E-state index contributed by atoms with van der Waals surface area (Å²) < 4.78 is 0. The molecule has 14 N–H and O–H groups in total. The molecule has 0 aliphatic carbocycles. The van der Waals surface area contributed by atoms with Gasteiger partial charge >= 0.3 is 5.97 Å². The maximum atomic E-state index is 13.7. The predicted octanol–water partition coefficient (Wildman–Crippen LogP) is -2.14. The number of carbonyl (C=O) groups excluding carboxylic acids is 4. The predicted molar refractivity (Wildman–Crippen MR) is 164 cm³/mol. The highest BCUT2D eigenvalue weighted by atomic mass is 16.4. The summed E-state index contributed by atoms with van der Waals surface area (Å²) in [6.45, 7) is 0.142. The minimum Gasteiger partial charge on any atom is -0.480 e. The molecule has 17 nitrogen and oxygen atoms in total. The Balaban J connectivity index is 1.83. The zero-order valence-electron chi connectivity index (χ0n) is 24.5. The molecule has 4 atom stereocenters. The number of benzene rings is 1. The normalized spacial score (nSPS) is 13.6. The molecule has 0 aliphatic rings. The van der Waals surface area contributed by atoms with Crippen LogP contribution in [0.2, 0.25) is 0 Å². The number of H-pyrrole nitrogens is 2. The number of nitrogens with two attached hydrogens (primary N) is 4. The summed E-state index contributed by atoms with van der Waals surface area (Å²) in [5.41, 5.74) is 23.9. The van der Waals surface area contributed by atoms with Gasteiger partial charge in [-0.3, -0.25) is 24.2 Å². The molecule has 3 aromatic rings. The molecule has 0 bridgehead atoms. The number of para-hydroxylation sites is 1. The van der Waals surface area contributed by atoms with Gasteiger partial charge in [0, 0.05) is 54.8 Å². The number of nitrogens with one attached hydrogen (secondary N) is 5. The summed E-state index contributed by atoms with van der Waals surface area (Å²) in [4.78, 5) is 76.9. The number of carboxylic acids is 1. The number of rotatable bonds is 18. The van der Waals surface area contributed by atoms with Crippen molar-refractivity contribution in [2.24, 2.45) is 27.9 Å². The van der Waals surface area contributed by atoms with Gasteiger partial charge in [0.05, 0.1) is 12.4 Å². The molecule has 45 heavy (non-hydrogen) atoms. The van der Waals surface area contributed by atoms with Gasteiger partial charge < -0.3 is 54.0 Å². The molecule has 242 valence electrons. The zero-order chi connectivity index (χ0) is 32.9. The summed E-state index contributed by atoms with van der Waals surface area (Å²) in [5.74, 6) is -4.27. The largest absolute Gasteiger partial charge is 0.480 e. The average molecular weight is 626 g/mol. The lowest BCUT2D eigenvalue weighted by molar-refractivity contribution is -0.142. The van der Waals surface area contributed by atoms with E-state index < -0.39 is 53.8 Å². The number of fused-ring (bicyclic) bond motifs is 1. The second kappa shape index (κ2) is 16.4. The lowest BCUT2D eigenvalue weighted by atomic mass is 10.0. The van der Waals surface area contributed by atoms with Crippen molar-refractivity contribution in [1.29, 1.82) is 0 Å². The maximum Gasteiger partial charge on any atom is 0.326 e. The van der Waals surface area contributed by atoms with Crippen molar-refractivity contribution < 1.29 is 29.1 Å². The van der Waals surface area contributed by atoms with E-state index in [0.717, 1.165) is 10.9 Å². The number of aromatic nitrogens is 3. The number of nitrogens with zero attached hydrogens (tertiary/aromatic N) is 2. The average Bonchev–Trinajstić information content (AvgIpc) is 3.66. The van der Waals surface area contributed by atoms with Crippen LogP contribution in [0.3, 0.4) is 0 Å². The van der Waals surface area contributed by atoms with Crippen LogP contribution < -0.4 is 38.9 Å². The molecule has 0 aliphatic heterocycles. The molecular formula is C28H39N11O6. The van der Waals surface area contributed by atoms with Gasteiger partial charge in [-0.15, -0.1) is 0 Å². The summed E-state index contributed by atoms with van der Waals surface area (Å²) in [5, 5.41) is 18.3. The summed E-state index contributed by atoms with van der Waals surface area (Å²) in [6, 6.07) is 2.48. The number of imidazole rings is 1. The molecule has 17 heteroatoms. The van der Waals surface area contributed by atoms with Crippen LogP contribution in [0, 0.1) is 0 Å².